The summed E-state index contributed by atoms with van der Waals surface area (Å²) in [5.74, 6) is 0.690. The number of aliphatic hydroxyl groups excluding tert-OH is 6. The number of allylic oxidation sites excluding steroid dienone is 2. The molecule has 2 aliphatic heterocycles. The van der Waals surface area contributed by atoms with Gasteiger partial charge in [0.15, 0.2) is 17.8 Å². The smallest absolute Gasteiger partial charge is 0.229 e. The van der Waals surface area contributed by atoms with Gasteiger partial charge in [0.05, 0.1) is 27.4 Å². The predicted octanol–water partition coefficient (Wildman–Crippen LogP) is 0.543. The molecule has 248 valence electrons. The number of hydrogen-bond acceptors (Lipinski definition) is 13. The monoisotopic (exact) mass is 634 g/mol. The minimum Gasteiger partial charge on any atom is -0.507 e. The first-order chi connectivity index (χ1) is 21.7. The molecular formula is C32H42O13. The number of hydrogen-bond donors (Lipinski definition) is 7. The Kier molecular flexibility index (Phi) is 10.9. The molecule has 4 bridgehead atoms. The summed E-state index contributed by atoms with van der Waals surface area (Å²) < 4.78 is 34.5. The van der Waals surface area contributed by atoms with Gasteiger partial charge in [0.1, 0.15) is 48.5 Å². The molecule has 9 atom stereocenters. The molecule has 0 spiro atoms. The second-order valence-corrected chi connectivity index (χ2v) is 11.4. The average molecular weight is 635 g/mol. The number of rotatable bonds is 8. The molecule has 45 heavy (non-hydrogen) atoms. The van der Waals surface area contributed by atoms with Crippen LogP contribution >= 0.6 is 0 Å². The van der Waals surface area contributed by atoms with Crippen LogP contribution in [0.15, 0.2) is 36.4 Å². The van der Waals surface area contributed by atoms with Crippen LogP contribution in [0.3, 0.4) is 0 Å². The fourth-order valence-electron chi connectivity index (χ4n) is 5.89. The maximum Gasteiger partial charge on any atom is 0.229 e. The zero-order valence-corrected chi connectivity index (χ0v) is 25.2. The minimum absolute atomic E-state index is 0.0595. The van der Waals surface area contributed by atoms with Crippen LogP contribution in [0.5, 0.6) is 23.0 Å². The van der Waals surface area contributed by atoms with Crippen LogP contribution in [-0.2, 0) is 27.1 Å². The lowest BCUT2D eigenvalue weighted by atomic mass is 9.95. The summed E-state index contributed by atoms with van der Waals surface area (Å²) in [6.45, 7) is -0.971. The van der Waals surface area contributed by atoms with Crippen molar-refractivity contribution in [2.24, 2.45) is 0 Å². The summed E-state index contributed by atoms with van der Waals surface area (Å²) in [6, 6.07) is 7.26. The van der Waals surface area contributed by atoms with E-state index in [9.17, 15) is 35.7 Å². The first kappa shape index (κ1) is 33.4. The third-order valence-electron chi connectivity index (χ3n) is 8.44. The number of aromatic hydroxyl groups is 1. The predicted molar refractivity (Wildman–Crippen MR) is 158 cm³/mol. The molecular weight excluding hydrogens is 592 g/mol. The summed E-state index contributed by atoms with van der Waals surface area (Å²) in [5, 5.41) is 72.7. The fourth-order valence-corrected chi connectivity index (χ4v) is 5.89. The maximum atomic E-state index is 10.9. The van der Waals surface area contributed by atoms with Crippen molar-refractivity contribution in [3.05, 3.63) is 47.5 Å². The number of phenols is 1. The Bertz CT molecular complexity index is 1330. The van der Waals surface area contributed by atoms with E-state index in [1.54, 1.807) is 6.07 Å². The van der Waals surface area contributed by atoms with Crippen molar-refractivity contribution < 1.29 is 64.2 Å². The number of benzene rings is 2. The average Bonchev–Trinajstić information content (AvgIpc) is 3.32. The molecule has 13 nitrogen and oxygen atoms in total. The largest absolute Gasteiger partial charge is 0.507 e. The molecule has 2 saturated heterocycles. The lowest BCUT2D eigenvalue weighted by molar-refractivity contribution is -0.290. The van der Waals surface area contributed by atoms with Crippen LogP contribution in [0.1, 0.15) is 30.4 Å². The van der Waals surface area contributed by atoms with Gasteiger partial charge >= 0.3 is 0 Å². The molecule has 0 radical (unpaired) electrons. The first-order valence-corrected chi connectivity index (χ1v) is 15.0. The molecule has 2 aromatic rings. The lowest BCUT2D eigenvalue weighted by Gasteiger charge is -2.40. The van der Waals surface area contributed by atoms with Crippen molar-refractivity contribution >= 4 is 0 Å². The van der Waals surface area contributed by atoms with Gasteiger partial charge in [0, 0.05) is 11.1 Å². The molecule has 0 aromatic heterocycles. The summed E-state index contributed by atoms with van der Waals surface area (Å²) in [7, 11) is 2.89. The van der Waals surface area contributed by atoms with Crippen molar-refractivity contribution in [1.29, 1.82) is 0 Å². The van der Waals surface area contributed by atoms with E-state index in [0.29, 0.717) is 23.1 Å². The number of fused-ring (bicyclic) bond motifs is 5. The Morgan fingerprint density at radius 1 is 0.733 bits per heavy atom. The van der Waals surface area contributed by atoms with Gasteiger partial charge in [-0.05, 0) is 61.4 Å². The van der Waals surface area contributed by atoms with Crippen molar-refractivity contribution in [1.82, 2.24) is 0 Å². The van der Waals surface area contributed by atoms with Crippen LogP contribution in [0.2, 0.25) is 0 Å². The zero-order chi connectivity index (χ0) is 32.2. The molecule has 7 N–H and O–H groups in total. The molecule has 1 aliphatic carbocycles. The van der Waals surface area contributed by atoms with Crippen LogP contribution in [0.4, 0.5) is 0 Å². The molecule has 13 heteroatoms. The zero-order valence-electron chi connectivity index (χ0n) is 25.2. The highest BCUT2D eigenvalue weighted by Crippen LogP contribution is 2.50. The van der Waals surface area contributed by atoms with Crippen LogP contribution < -0.4 is 14.2 Å². The van der Waals surface area contributed by atoms with Gasteiger partial charge in [-0.25, -0.2) is 0 Å². The Morgan fingerprint density at radius 3 is 2.13 bits per heavy atom. The van der Waals surface area contributed by atoms with E-state index in [4.69, 9.17) is 28.4 Å². The number of methoxy groups -OCH3 is 2. The van der Waals surface area contributed by atoms with E-state index in [1.165, 1.54) is 14.2 Å². The Hall–Kier alpha value is -2.98. The second-order valence-electron chi connectivity index (χ2n) is 11.4. The van der Waals surface area contributed by atoms with Gasteiger partial charge in [-0.3, -0.25) is 0 Å². The molecule has 3 aliphatic rings. The lowest BCUT2D eigenvalue weighted by Crippen LogP contribution is -2.60. The maximum absolute atomic E-state index is 10.9. The highest BCUT2D eigenvalue weighted by molar-refractivity contribution is 5.81. The molecule has 2 fully saturated rings. The third kappa shape index (κ3) is 6.92. The van der Waals surface area contributed by atoms with Crippen LogP contribution in [0, 0.1) is 0 Å². The highest BCUT2D eigenvalue weighted by atomic mass is 16.7. The van der Waals surface area contributed by atoms with E-state index in [-0.39, 0.29) is 23.0 Å². The van der Waals surface area contributed by atoms with Gasteiger partial charge in [-0.15, -0.1) is 0 Å². The van der Waals surface area contributed by atoms with Crippen LogP contribution in [-0.4, -0.2) is 118 Å². The SMILES string of the molecule is COc1c2cc(c(O[C@@H]3O[C@H](CO[C@@H]4O[C@@H](CO)[C@H](O)[C@H]4O)[C@@H](O)[C@H](O)[C@H]3O)c1OC)CCCC=CCCc1ccc(O)c-2c1. The van der Waals surface area contributed by atoms with Gasteiger partial charge in [-0.2, -0.15) is 0 Å². The Morgan fingerprint density at radius 2 is 1.42 bits per heavy atom. The molecule has 0 unspecified atom stereocenters. The van der Waals surface area contributed by atoms with Crippen molar-refractivity contribution in [2.45, 2.75) is 87.4 Å². The Labute approximate surface area is 260 Å². The number of phenolic OH excluding ortho intramolecular Hbond substituents is 1. The van der Waals surface area contributed by atoms with E-state index in [2.05, 4.69) is 12.2 Å². The minimum atomic E-state index is -1.70. The molecule has 2 heterocycles. The first-order valence-electron chi connectivity index (χ1n) is 15.0. The van der Waals surface area contributed by atoms with E-state index in [1.807, 2.05) is 18.2 Å². The topological polar surface area (TPSA) is 197 Å². The Balaban J connectivity index is 1.47. The summed E-state index contributed by atoms with van der Waals surface area (Å²) in [4.78, 5) is 0. The third-order valence-corrected chi connectivity index (χ3v) is 8.44. The molecule has 2 aromatic carbocycles. The van der Waals surface area contributed by atoms with Crippen molar-refractivity contribution in [3.8, 4) is 34.1 Å². The molecule has 5 rings (SSSR count). The van der Waals surface area contributed by atoms with Gasteiger partial charge in [0.2, 0.25) is 12.0 Å². The van der Waals surface area contributed by atoms with E-state index >= 15 is 0 Å². The van der Waals surface area contributed by atoms with Crippen molar-refractivity contribution in [2.75, 3.05) is 27.4 Å². The van der Waals surface area contributed by atoms with Gasteiger partial charge in [-0.1, -0.05) is 18.2 Å². The van der Waals surface area contributed by atoms with Gasteiger partial charge < -0.3 is 64.2 Å². The van der Waals surface area contributed by atoms with E-state index < -0.39 is 68.5 Å². The number of ether oxygens (including phenoxy) is 6. The van der Waals surface area contributed by atoms with E-state index in [0.717, 1.165) is 31.2 Å². The summed E-state index contributed by atoms with van der Waals surface area (Å²) >= 11 is 0. The summed E-state index contributed by atoms with van der Waals surface area (Å²) in [5.41, 5.74) is 2.82. The fraction of sp³-hybridized carbons (Fsp3) is 0.562. The quantitative estimate of drug-likeness (QED) is 0.199. The van der Waals surface area contributed by atoms with Crippen molar-refractivity contribution in [3.63, 3.8) is 0 Å². The second kappa shape index (κ2) is 14.6. The number of aryl methyl sites for hydroxylation is 2. The van der Waals surface area contributed by atoms with Gasteiger partial charge in [0.25, 0.3) is 0 Å². The highest BCUT2D eigenvalue weighted by Gasteiger charge is 2.48. The normalized spacial score (nSPS) is 31.9. The molecule has 0 saturated carbocycles. The standard InChI is InChI=1S/C32H42O13/c1-40-29-19-13-17(9-7-5-3-4-6-8-16-10-11-20(34)18(19)12-16)28(30(29)41-2)45-32-27(39)25(37)24(36)22(44-32)15-42-31-26(38)23(35)21(14-33)43-31/h3-4,10-13,21-27,31-39H,5-9,14-15H2,1-2H3/t21-,22+,23-,24+,25-,26+,27+,31+,32-/m0/s1. The van der Waals surface area contributed by atoms with Crippen LogP contribution in [0.25, 0.3) is 11.1 Å². The summed E-state index contributed by atoms with van der Waals surface area (Å²) in [6.07, 6.45) is -5.09. The molecule has 0 amide bonds. The number of aliphatic hydroxyl groups is 6.